The van der Waals surface area contributed by atoms with Crippen LogP contribution in [-0.4, -0.2) is 10.9 Å². The topological polar surface area (TPSA) is 85.2 Å². The molecule has 0 spiro atoms. The molecule has 2 aromatic carbocycles. The number of amides is 1. The van der Waals surface area contributed by atoms with Gasteiger partial charge >= 0.3 is 0 Å². The molecule has 1 amide bonds. The van der Waals surface area contributed by atoms with Crippen molar-refractivity contribution in [1.82, 2.24) is 4.98 Å². The minimum atomic E-state index is -0.595. The molecule has 1 heterocycles. The summed E-state index contributed by atoms with van der Waals surface area (Å²) in [7, 11) is 0. The van der Waals surface area contributed by atoms with Crippen molar-refractivity contribution in [3.05, 3.63) is 82.8 Å². The second-order valence-corrected chi connectivity index (χ2v) is 4.93. The van der Waals surface area contributed by atoms with Crippen LogP contribution < -0.4 is 16.0 Å². The van der Waals surface area contributed by atoms with Crippen LogP contribution in [0.3, 0.4) is 0 Å². The van der Waals surface area contributed by atoms with Gasteiger partial charge in [-0.1, -0.05) is 24.3 Å². The van der Waals surface area contributed by atoms with Gasteiger partial charge < -0.3 is 15.5 Å². The zero-order chi connectivity index (χ0) is 16.2. The van der Waals surface area contributed by atoms with E-state index in [1.165, 1.54) is 6.07 Å². The maximum absolute atomic E-state index is 11.7. The fourth-order valence-corrected chi connectivity index (χ4v) is 2.23. The Morgan fingerprint density at radius 3 is 2.39 bits per heavy atom. The summed E-state index contributed by atoms with van der Waals surface area (Å²) < 4.78 is 5.72. The molecule has 1 aromatic heterocycles. The number of nitrogens with one attached hydrogen (secondary N) is 1. The van der Waals surface area contributed by atoms with E-state index < -0.39 is 5.91 Å². The molecule has 3 rings (SSSR count). The molecular formula is C18H14N2O3. The summed E-state index contributed by atoms with van der Waals surface area (Å²) in [5.74, 6) is 0.388. The van der Waals surface area contributed by atoms with E-state index >= 15 is 0 Å². The van der Waals surface area contributed by atoms with E-state index in [9.17, 15) is 9.59 Å². The second kappa shape index (κ2) is 6.19. The molecule has 0 aliphatic heterocycles. The summed E-state index contributed by atoms with van der Waals surface area (Å²) in [4.78, 5) is 25.7. The van der Waals surface area contributed by atoms with Crippen LogP contribution in [0.1, 0.15) is 10.4 Å². The number of carbonyl (C=O) groups excluding carboxylic acids is 1. The number of ether oxygens (including phenoxy) is 1. The summed E-state index contributed by atoms with van der Waals surface area (Å²) in [5.41, 5.74) is 6.91. The average Bonchev–Trinajstić information content (AvgIpc) is 2.56. The van der Waals surface area contributed by atoms with E-state index in [4.69, 9.17) is 10.5 Å². The number of pyridine rings is 1. The van der Waals surface area contributed by atoms with E-state index in [0.717, 1.165) is 0 Å². The molecule has 0 radical (unpaired) electrons. The lowest BCUT2D eigenvalue weighted by Crippen LogP contribution is -2.12. The van der Waals surface area contributed by atoms with Gasteiger partial charge in [-0.15, -0.1) is 0 Å². The lowest BCUT2D eigenvalue weighted by atomic mass is 10.0. The number of primary amides is 1. The first-order valence-corrected chi connectivity index (χ1v) is 6.99. The van der Waals surface area contributed by atoms with Gasteiger partial charge in [-0.05, 0) is 41.5 Å². The van der Waals surface area contributed by atoms with Crippen LogP contribution in [-0.2, 0) is 0 Å². The summed E-state index contributed by atoms with van der Waals surface area (Å²) in [6.07, 6.45) is 1.55. The highest BCUT2D eigenvalue weighted by molar-refractivity contribution is 5.97. The molecule has 0 atom stereocenters. The third kappa shape index (κ3) is 3.29. The lowest BCUT2D eigenvalue weighted by molar-refractivity contribution is 0.0998. The minimum absolute atomic E-state index is 0.215. The molecule has 0 bridgehead atoms. The molecule has 0 saturated carbocycles. The van der Waals surface area contributed by atoms with Crippen LogP contribution in [0.25, 0.3) is 11.1 Å². The Bertz CT molecular complexity index is 901. The van der Waals surface area contributed by atoms with Gasteiger partial charge in [0, 0.05) is 12.3 Å². The van der Waals surface area contributed by atoms with Crippen LogP contribution in [0, 0.1) is 0 Å². The average molecular weight is 306 g/mol. The van der Waals surface area contributed by atoms with Crippen molar-refractivity contribution in [2.24, 2.45) is 5.73 Å². The number of para-hydroxylation sites is 1. The Kier molecular flexibility index (Phi) is 3.93. The van der Waals surface area contributed by atoms with Gasteiger partial charge in [-0.3, -0.25) is 9.59 Å². The number of H-pyrrole nitrogens is 1. The Labute approximate surface area is 132 Å². The number of rotatable bonds is 4. The third-order valence-corrected chi connectivity index (χ3v) is 3.32. The molecule has 0 aliphatic rings. The van der Waals surface area contributed by atoms with Crippen molar-refractivity contribution in [3.63, 3.8) is 0 Å². The summed E-state index contributed by atoms with van der Waals surface area (Å²) in [6.45, 7) is 0. The third-order valence-electron chi connectivity index (χ3n) is 3.32. The van der Waals surface area contributed by atoms with Crippen LogP contribution >= 0.6 is 0 Å². The zero-order valence-electron chi connectivity index (χ0n) is 12.2. The van der Waals surface area contributed by atoms with Gasteiger partial charge in [0.25, 0.3) is 5.91 Å². The van der Waals surface area contributed by atoms with E-state index in [1.807, 2.05) is 18.2 Å². The summed E-state index contributed by atoms with van der Waals surface area (Å²) in [5, 5.41) is 0. The molecule has 5 nitrogen and oxygen atoms in total. The van der Waals surface area contributed by atoms with E-state index in [2.05, 4.69) is 4.98 Å². The van der Waals surface area contributed by atoms with E-state index in [0.29, 0.717) is 22.6 Å². The normalized spacial score (nSPS) is 10.3. The van der Waals surface area contributed by atoms with Gasteiger partial charge in [-0.25, -0.2) is 0 Å². The molecule has 0 saturated heterocycles. The van der Waals surface area contributed by atoms with Crippen molar-refractivity contribution in [2.75, 3.05) is 0 Å². The first-order chi connectivity index (χ1) is 11.1. The SMILES string of the molecule is NC(=O)c1cc(-c2cc[nH]c(=O)c2)ccc1Oc1ccccc1. The fourth-order valence-electron chi connectivity index (χ4n) is 2.23. The van der Waals surface area contributed by atoms with E-state index in [-0.39, 0.29) is 11.1 Å². The standard InChI is InChI=1S/C18H14N2O3/c19-18(22)15-10-12(13-8-9-20-17(21)11-13)6-7-16(15)23-14-4-2-1-3-5-14/h1-11H,(H2,19,22)(H,20,21). The highest BCUT2D eigenvalue weighted by atomic mass is 16.5. The highest BCUT2D eigenvalue weighted by Crippen LogP contribution is 2.29. The van der Waals surface area contributed by atoms with Crippen molar-refractivity contribution >= 4 is 5.91 Å². The highest BCUT2D eigenvalue weighted by Gasteiger charge is 2.12. The van der Waals surface area contributed by atoms with Crippen LogP contribution in [0.2, 0.25) is 0 Å². The predicted molar refractivity (Wildman–Crippen MR) is 87.5 cm³/mol. The maximum Gasteiger partial charge on any atom is 0.252 e. The minimum Gasteiger partial charge on any atom is -0.457 e. The molecule has 3 aromatic rings. The Balaban J connectivity index is 2.02. The van der Waals surface area contributed by atoms with Gasteiger partial charge in [0.1, 0.15) is 11.5 Å². The smallest absolute Gasteiger partial charge is 0.252 e. The number of nitrogens with two attached hydrogens (primary N) is 1. The lowest BCUT2D eigenvalue weighted by Gasteiger charge is -2.11. The Morgan fingerprint density at radius 2 is 1.70 bits per heavy atom. The molecule has 0 unspecified atom stereocenters. The van der Waals surface area contributed by atoms with Gasteiger partial charge in [0.15, 0.2) is 0 Å². The second-order valence-electron chi connectivity index (χ2n) is 4.93. The molecule has 0 aliphatic carbocycles. The number of hydrogen-bond acceptors (Lipinski definition) is 3. The first-order valence-electron chi connectivity index (χ1n) is 6.99. The fraction of sp³-hybridized carbons (Fsp3) is 0. The largest absolute Gasteiger partial charge is 0.457 e. The Hall–Kier alpha value is -3.34. The zero-order valence-corrected chi connectivity index (χ0v) is 12.2. The van der Waals surface area contributed by atoms with Crippen LogP contribution in [0.5, 0.6) is 11.5 Å². The van der Waals surface area contributed by atoms with Gasteiger partial charge in [0.05, 0.1) is 5.56 Å². The predicted octanol–water partition coefficient (Wildman–Crippen LogP) is 2.93. The first kappa shape index (κ1) is 14.6. The van der Waals surface area contributed by atoms with Gasteiger partial charge in [-0.2, -0.15) is 0 Å². The number of aromatic nitrogens is 1. The summed E-state index contributed by atoms with van der Waals surface area (Å²) in [6, 6.07) is 17.4. The van der Waals surface area contributed by atoms with Crippen LogP contribution in [0.4, 0.5) is 0 Å². The molecule has 5 heteroatoms. The molecule has 0 fully saturated rings. The maximum atomic E-state index is 11.7. The molecule has 114 valence electrons. The van der Waals surface area contributed by atoms with Crippen LogP contribution in [0.15, 0.2) is 71.7 Å². The van der Waals surface area contributed by atoms with Gasteiger partial charge in [0.2, 0.25) is 5.56 Å². The van der Waals surface area contributed by atoms with E-state index in [1.54, 1.807) is 42.6 Å². The van der Waals surface area contributed by atoms with Crippen molar-refractivity contribution in [3.8, 4) is 22.6 Å². The molecule has 23 heavy (non-hydrogen) atoms. The van der Waals surface area contributed by atoms with Crippen molar-refractivity contribution in [1.29, 1.82) is 0 Å². The summed E-state index contributed by atoms with van der Waals surface area (Å²) >= 11 is 0. The molecule has 3 N–H and O–H groups in total. The number of aromatic amines is 1. The molecular weight excluding hydrogens is 292 g/mol. The monoisotopic (exact) mass is 306 g/mol. The number of hydrogen-bond donors (Lipinski definition) is 2. The Morgan fingerprint density at radius 1 is 0.957 bits per heavy atom. The number of benzene rings is 2. The quantitative estimate of drug-likeness (QED) is 0.777. The van der Waals surface area contributed by atoms with Crippen molar-refractivity contribution in [2.45, 2.75) is 0 Å². The number of carbonyl (C=O) groups is 1. The van der Waals surface area contributed by atoms with Crippen molar-refractivity contribution < 1.29 is 9.53 Å².